The zero-order chi connectivity index (χ0) is 18.3. The number of pyridine rings is 1. The number of thiazole rings is 1. The molecule has 4 heterocycles. The lowest BCUT2D eigenvalue weighted by atomic mass is 10.1. The molecule has 1 N–H and O–H groups in total. The number of amides is 1. The zero-order valence-electron chi connectivity index (χ0n) is 14.6. The average Bonchev–Trinajstić information content (AvgIpc) is 3.34. The van der Waals surface area contributed by atoms with Crippen molar-refractivity contribution in [1.29, 1.82) is 0 Å². The van der Waals surface area contributed by atoms with Gasteiger partial charge in [0.1, 0.15) is 5.01 Å². The van der Waals surface area contributed by atoms with Crippen molar-refractivity contribution in [2.75, 3.05) is 0 Å². The van der Waals surface area contributed by atoms with Crippen LogP contribution in [0.25, 0.3) is 21.6 Å². The van der Waals surface area contributed by atoms with E-state index in [9.17, 15) is 4.79 Å². The lowest BCUT2D eigenvalue weighted by Gasteiger charge is -2.08. The minimum absolute atomic E-state index is 0.140. The molecule has 0 saturated carbocycles. The highest BCUT2D eigenvalue weighted by atomic mass is 32.1. The Morgan fingerprint density at radius 1 is 1.27 bits per heavy atom. The first-order valence-corrected chi connectivity index (χ1v) is 9.86. The standard InChI is InChI=1S/C18H17N5OS2/c1-10-9-26-15(20-10)8-19-18(24)12-7-13(14-5-4-6-25-14)21-17-16(12)11(2)22-23(17)3/h4-7,9H,8H2,1-3H3,(H,19,24). The van der Waals surface area contributed by atoms with Crippen molar-refractivity contribution in [2.45, 2.75) is 20.4 Å². The average molecular weight is 384 g/mol. The first kappa shape index (κ1) is 16.9. The molecule has 0 unspecified atom stereocenters. The molecule has 26 heavy (non-hydrogen) atoms. The van der Waals surface area contributed by atoms with E-state index in [1.165, 1.54) is 0 Å². The van der Waals surface area contributed by atoms with Crippen LogP contribution in [0.1, 0.15) is 26.8 Å². The Labute approximate surface area is 158 Å². The molecule has 6 nitrogen and oxygen atoms in total. The molecule has 0 spiro atoms. The molecular weight excluding hydrogens is 366 g/mol. The van der Waals surface area contributed by atoms with Gasteiger partial charge in [-0.15, -0.1) is 22.7 Å². The summed E-state index contributed by atoms with van der Waals surface area (Å²) in [5.41, 5.74) is 3.85. The number of hydrogen-bond acceptors (Lipinski definition) is 6. The molecular formula is C18H17N5OS2. The number of hydrogen-bond donors (Lipinski definition) is 1. The van der Waals surface area contributed by atoms with Gasteiger partial charge in [-0.3, -0.25) is 9.48 Å². The second-order valence-corrected chi connectivity index (χ2v) is 7.90. The molecule has 0 aliphatic rings. The van der Waals surface area contributed by atoms with E-state index in [1.54, 1.807) is 27.4 Å². The lowest BCUT2D eigenvalue weighted by Crippen LogP contribution is -2.23. The Bertz CT molecular complexity index is 1090. The SMILES string of the molecule is Cc1csc(CNC(=O)c2cc(-c3cccs3)nc3c2c(C)nn3C)n1. The molecule has 4 rings (SSSR count). The van der Waals surface area contributed by atoms with E-state index in [0.29, 0.717) is 17.8 Å². The molecule has 4 aromatic rings. The summed E-state index contributed by atoms with van der Waals surface area (Å²) in [6, 6.07) is 5.83. The van der Waals surface area contributed by atoms with Gasteiger partial charge in [0.15, 0.2) is 5.65 Å². The fraction of sp³-hybridized carbons (Fsp3) is 0.222. The Morgan fingerprint density at radius 2 is 2.12 bits per heavy atom. The van der Waals surface area contributed by atoms with Crippen LogP contribution in [0, 0.1) is 13.8 Å². The summed E-state index contributed by atoms with van der Waals surface area (Å²) < 4.78 is 1.72. The Kier molecular flexibility index (Phi) is 4.29. The molecule has 1 amide bonds. The van der Waals surface area contributed by atoms with Gasteiger partial charge in [-0.25, -0.2) is 9.97 Å². The summed E-state index contributed by atoms with van der Waals surface area (Å²) in [4.78, 5) is 23.1. The number of rotatable bonds is 4. The third-order valence-electron chi connectivity index (χ3n) is 4.05. The molecule has 0 aromatic carbocycles. The van der Waals surface area contributed by atoms with Gasteiger partial charge in [0, 0.05) is 18.1 Å². The van der Waals surface area contributed by atoms with Crippen molar-refractivity contribution >= 4 is 39.6 Å². The van der Waals surface area contributed by atoms with Gasteiger partial charge in [-0.2, -0.15) is 5.10 Å². The van der Waals surface area contributed by atoms with Gasteiger partial charge in [0.25, 0.3) is 5.91 Å². The number of aryl methyl sites for hydroxylation is 3. The van der Waals surface area contributed by atoms with Gasteiger partial charge in [0.05, 0.1) is 33.8 Å². The maximum atomic E-state index is 12.9. The van der Waals surface area contributed by atoms with Crippen molar-refractivity contribution in [3.8, 4) is 10.6 Å². The van der Waals surface area contributed by atoms with Crippen molar-refractivity contribution < 1.29 is 4.79 Å². The topological polar surface area (TPSA) is 72.7 Å². The van der Waals surface area contributed by atoms with Crippen LogP contribution in [0.4, 0.5) is 0 Å². The molecule has 8 heteroatoms. The number of carbonyl (C=O) groups is 1. The monoisotopic (exact) mass is 383 g/mol. The van der Waals surface area contributed by atoms with E-state index >= 15 is 0 Å². The second kappa shape index (κ2) is 6.62. The molecule has 0 aliphatic carbocycles. The van der Waals surface area contributed by atoms with Gasteiger partial charge >= 0.3 is 0 Å². The van der Waals surface area contributed by atoms with E-state index < -0.39 is 0 Å². The first-order chi connectivity index (χ1) is 12.5. The summed E-state index contributed by atoms with van der Waals surface area (Å²) in [7, 11) is 1.85. The normalized spacial score (nSPS) is 11.2. The van der Waals surface area contributed by atoms with Crippen LogP contribution in [0.5, 0.6) is 0 Å². The van der Waals surface area contributed by atoms with Gasteiger partial charge < -0.3 is 5.32 Å². The number of aromatic nitrogens is 4. The van der Waals surface area contributed by atoms with Crippen LogP contribution in [-0.4, -0.2) is 25.7 Å². The molecule has 0 fully saturated rings. The summed E-state index contributed by atoms with van der Waals surface area (Å²) >= 11 is 3.14. The minimum atomic E-state index is -0.140. The number of nitrogens with one attached hydrogen (secondary N) is 1. The summed E-state index contributed by atoms with van der Waals surface area (Å²) in [5, 5.41) is 13.1. The highest BCUT2D eigenvalue weighted by molar-refractivity contribution is 7.13. The maximum Gasteiger partial charge on any atom is 0.252 e. The van der Waals surface area contributed by atoms with Crippen LogP contribution in [0.15, 0.2) is 29.0 Å². The number of fused-ring (bicyclic) bond motifs is 1. The first-order valence-electron chi connectivity index (χ1n) is 8.10. The number of thiophene rings is 1. The maximum absolute atomic E-state index is 12.9. The van der Waals surface area contributed by atoms with Crippen LogP contribution < -0.4 is 5.32 Å². The Hall–Kier alpha value is -2.58. The molecule has 4 aromatic heterocycles. The molecule has 132 valence electrons. The molecule has 0 bridgehead atoms. The van der Waals surface area contributed by atoms with E-state index in [1.807, 2.05) is 49.9 Å². The zero-order valence-corrected chi connectivity index (χ0v) is 16.2. The van der Waals surface area contributed by atoms with Crippen LogP contribution in [0.2, 0.25) is 0 Å². The summed E-state index contributed by atoms with van der Waals surface area (Å²) in [6.45, 7) is 4.26. The van der Waals surface area contributed by atoms with Crippen LogP contribution >= 0.6 is 22.7 Å². The molecule has 0 saturated heterocycles. The highest BCUT2D eigenvalue weighted by Gasteiger charge is 2.19. The fourth-order valence-electron chi connectivity index (χ4n) is 2.91. The van der Waals surface area contributed by atoms with Crippen molar-refractivity contribution in [3.05, 3.63) is 50.9 Å². The number of nitrogens with zero attached hydrogens (tertiary/aromatic N) is 4. The third-order valence-corrected chi connectivity index (χ3v) is 5.91. The predicted molar refractivity (Wildman–Crippen MR) is 105 cm³/mol. The third kappa shape index (κ3) is 3.02. The molecule has 0 aliphatic heterocycles. The van der Waals surface area contributed by atoms with Crippen molar-refractivity contribution in [1.82, 2.24) is 25.1 Å². The van der Waals surface area contributed by atoms with Gasteiger partial charge in [0.2, 0.25) is 0 Å². The largest absolute Gasteiger partial charge is 0.346 e. The van der Waals surface area contributed by atoms with Crippen LogP contribution in [-0.2, 0) is 13.6 Å². The smallest absolute Gasteiger partial charge is 0.252 e. The predicted octanol–water partition coefficient (Wildman–Crippen LogP) is 3.70. The van der Waals surface area contributed by atoms with E-state index in [4.69, 9.17) is 4.98 Å². The van der Waals surface area contributed by atoms with E-state index in [-0.39, 0.29) is 5.91 Å². The van der Waals surface area contributed by atoms with Gasteiger partial charge in [-0.1, -0.05) is 6.07 Å². The molecule has 0 radical (unpaired) electrons. The quantitative estimate of drug-likeness (QED) is 0.583. The lowest BCUT2D eigenvalue weighted by molar-refractivity contribution is 0.0952. The summed E-state index contributed by atoms with van der Waals surface area (Å²) in [5.74, 6) is -0.140. The second-order valence-electron chi connectivity index (χ2n) is 6.01. The Balaban J connectivity index is 1.75. The minimum Gasteiger partial charge on any atom is -0.346 e. The number of carbonyl (C=O) groups excluding carboxylic acids is 1. The molecule has 0 atom stereocenters. The summed E-state index contributed by atoms with van der Waals surface area (Å²) in [6.07, 6.45) is 0. The Morgan fingerprint density at radius 3 is 2.81 bits per heavy atom. The fourth-order valence-corrected chi connectivity index (χ4v) is 4.31. The van der Waals surface area contributed by atoms with Crippen molar-refractivity contribution in [2.24, 2.45) is 7.05 Å². The van der Waals surface area contributed by atoms with Crippen LogP contribution in [0.3, 0.4) is 0 Å². The highest BCUT2D eigenvalue weighted by Crippen LogP contribution is 2.29. The van der Waals surface area contributed by atoms with Crippen molar-refractivity contribution in [3.63, 3.8) is 0 Å². The van der Waals surface area contributed by atoms with E-state index in [0.717, 1.165) is 32.4 Å². The van der Waals surface area contributed by atoms with E-state index in [2.05, 4.69) is 15.4 Å². The van der Waals surface area contributed by atoms with Gasteiger partial charge in [-0.05, 0) is 31.4 Å².